The maximum Gasteiger partial charge on any atom is 0.269 e. The highest BCUT2D eigenvalue weighted by Gasteiger charge is 2.22. The Bertz CT molecular complexity index is 999. The summed E-state index contributed by atoms with van der Waals surface area (Å²) in [5.74, 6) is 0.809. The first-order valence-corrected chi connectivity index (χ1v) is 10.4. The van der Waals surface area contributed by atoms with Crippen LogP contribution < -0.4 is 10.2 Å². The van der Waals surface area contributed by atoms with E-state index in [0.717, 1.165) is 49.4 Å². The van der Waals surface area contributed by atoms with E-state index in [1.165, 1.54) is 0 Å². The SMILES string of the molecule is CC(CN1CCN(c2ccccn2)CC1)NC(=O)c1[nH]c2ccc(Cl)cc2c1Cl. The van der Waals surface area contributed by atoms with Crippen molar-refractivity contribution in [1.82, 2.24) is 20.2 Å². The quantitative estimate of drug-likeness (QED) is 0.644. The number of piperazine rings is 1. The van der Waals surface area contributed by atoms with Crippen molar-refractivity contribution in [2.24, 2.45) is 0 Å². The van der Waals surface area contributed by atoms with Gasteiger partial charge in [-0.25, -0.2) is 4.98 Å². The highest BCUT2D eigenvalue weighted by molar-refractivity contribution is 6.39. The Kier molecular flexibility index (Phi) is 5.94. The lowest BCUT2D eigenvalue weighted by Gasteiger charge is -2.36. The van der Waals surface area contributed by atoms with Gasteiger partial charge in [-0.1, -0.05) is 29.3 Å². The lowest BCUT2D eigenvalue weighted by atomic mass is 10.2. The van der Waals surface area contributed by atoms with E-state index < -0.39 is 0 Å². The fraction of sp³-hybridized carbons (Fsp3) is 0.333. The van der Waals surface area contributed by atoms with Gasteiger partial charge in [0.05, 0.1) is 5.02 Å². The summed E-state index contributed by atoms with van der Waals surface area (Å²) < 4.78 is 0. The Morgan fingerprint density at radius 1 is 1.21 bits per heavy atom. The predicted molar refractivity (Wildman–Crippen MR) is 118 cm³/mol. The highest BCUT2D eigenvalue weighted by Crippen LogP contribution is 2.29. The van der Waals surface area contributed by atoms with Crippen molar-refractivity contribution < 1.29 is 4.79 Å². The lowest BCUT2D eigenvalue weighted by molar-refractivity contribution is 0.0924. The zero-order valence-corrected chi connectivity index (χ0v) is 17.7. The minimum absolute atomic E-state index is 0.00466. The fourth-order valence-electron chi connectivity index (χ4n) is 3.72. The molecular formula is C21H23Cl2N5O. The van der Waals surface area contributed by atoms with Gasteiger partial charge in [-0.05, 0) is 37.3 Å². The molecule has 3 aromatic rings. The molecule has 0 bridgehead atoms. The summed E-state index contributed by atoms with van der Waals surface area (Å²) in [4.78, 5) is 24.9. The third-order valence-electron chi connectivity index (χ3n) is 5.18. The van der Waals surface area contributed by atoms with Crippen LogP contribution in [0, 0.1) is 0 Å². The van der Waals surface area contributed by atoms with Gasteiger partial charge in [0, 0.05) is 60.9 Å². The second-order valence-corrected chi connectivity index (χ2v) is 8.17. The number of aromatic nitrogens is 2. The Balaban J connectivity index is 1.33. The Morgan fingerprint density at radius 2 is 2.00 bits per heavy atom. The van der Waals surface area contributed by atoms with Crippen LogP contribution in [-0.4, -0.2) is 59.5 Å². The molecule has 1 saturated heterocycles. The number of carbonyl (C=O) groups is 1. The van der Waals surface area contributed by atoms with E-state index in [4.69, 9.17) is 23.2 Å². The lowest BCUT2D eigenvalue weighted by Crippen LogP contribution is -2.51. The van der Waals surface area contributed by atoms with Gasteiger partial charge in [0.25, 0.3) is 5.91 Å². The molecule has 0 saturated carbocycles. The van der Waals surface area contributed by atoms with Gasteiger partial charge < -0.3 is 15.2 Å². The standard InChI is InChI=1S/C21H23Cl2N5O/c1-14(13-27-8-10-28(11-9-27)18-4-2-3-7-24-18)25-21(29)20-19(23)16-12-15(22)5-6-17(16)26-20/h2-7,12,14,26H,8-11,13H2,1H3,(H,25,29). The number of fused-ring (bicyclic) bond motifs is 1. The van der Waals surface area contributed by atoms with Crippen LogP contribution in [0.2, 0.25) is 10.0 Å². The molecule has 1 aromatic carbocycles. The average Bonchev–Trinajstić information content (AvgIpc) is 3.05. The average molecular weight is 432 g/mol. The molecule has 29 heavy (non-hydrogen) atoms. The van der Waals surface area contributed by atoms with Crippen LogP contribution in [-0.2, 0) is 0 Å². The molecule has 0 aliphatic carbocycles. The maximum absolute atomic E-state index is 12.7. The predicted octanol–water partition coefficient (Wildman–Crippen LogP) is 3.81. The van der Waals surface area contributed by atoms with Crippen molar-refractivity contribution in [1.29, 1.82) is 0 Å². The molecule has 2 aromatic heterocycles. The van der Waals surface area contributed by atoms with E-state index in [1.807, 2.05) is 37.4 Å². The number of H-pyrrole nitrogens is 1. The molecule has 1 fully saturated rings. The van der Waals surface area contributed by atoms with E-state index in [0.29, 0.717) is 15.7 Å². The number of carbonyl (C=O) groups excluding carboxylic acids is 1. The van der Waals surface area contributed by atoms with E-state index in [9.17, 15) is 4.79 Å². The summed E-state index contributed by atoms with van der Waals surface area (Å²) in [6.07, 6.45) is 1.82. The molecule has 152 valence electrons. The van der Waals surface area contributed by atoms with E-state index in [-0.39, 0.29) is 11.9 Å². The number of nitrogens with one attached hydrogen (secondary N) is 2. The van der Waals surface area contributed by atoms with Crippen molar-refractivity contribution in [2.45, 2.75) is 13.0 Å². The number of hydrogen-bond acceptors (Lipinski definition) is 4. The summed E-state index contributed by atoms with van der Waals surface area (Å²) in [6.45, 7) is 6.51. The Hall–Kier alpha value is -2.28. The second-order valence-electron chi connectivity index (χ2n) is 7.35. The van der Waals surface area contributed by atoms with Crippen LogP contribution in [0.4, 0.5) is 5.82 Å². The number of amides is 1. The summed E-state index contributed by atoms with van der Waals surface area (Å²) in [5, 5.41) is 4.79. The molecule has 1 atom stereocenters. The first-order valence-electron chi connectivity index (χ1n) is 9.67. The van der Waals surface area contributed by atoms with Gasteiger partial charge in [-0.2, -0.15) is 0 Å². The number of rotatable bonds is 5. The molecule has 1 unspecified atom stereocenters. The zero-order chi connectivity index (χ0) is 20.4. The Labute approximate surface area is 179 Å². The number of aromatic amines is 1. The zero-order valence-electron chi connectivity index (χ0n) is 16.2. The number of pyridine rings is 1. The summed E-state index contributed by atoms with van der Waals surface area (Å²) in [7, 11) is 0. The van der Waals surface area contributed by atoms with E-state index in [2.05, 4.69) is 25.1 Å². The van der Waals surface area contributed by atoms with Crippen LogP contribution in [0.5, 0.6) is 0 Å². The minimum atomic E-state index is -0.207. The monoisotopic (exact) mass is 431 g/mol. The van der Waals surface area contributed by atoms with E-state index in [1.54, 1.807) is 12.1 Å². The third-order valence-corrected chi connectivity index (χ3v) is 5.81. The number of benzene rings is 1. The number of nitrogens with zero attached hydrogens (tertiary/aromatic N) is 3. The maximum atomic E-state index is 12.7. The molecule has 0 radical (unpaired) electrons. The van der Waals surface area contributed by atoms with E-state index >= 15 is 0 Å². The fourth-order valence-corrected chi connectivity index (χ4v) is 4.18. The number of anilines is 1. The number of halogens is 2. The van der Waals surface area contributed by atoms with Crippen LogP contribution in [0.1, 0.15) is 17.4 Å². The van der Waals surface area contributed by atoms with Gasteiger partial charge in [-0.3, -0.25) is 9.69 Å². The molecule has 6 nitrogen and oxygen atoms in total. The third kappa shape index (κ3) is 4.50. The normalized spacial score (nSPS) is 16.2. The van der Waals surface area contributed by atoms with Crippen molar-refractivity contribution >= 4 is 45.8 Å². The summed E-state index contributed by atoms with van der Waals surface area (Å²) >= 11 is 12.4. The molecule has 1 aliphatic heterocycles. The molecule has 3 heterocycles. The van der Waals surface area contributed by atoms with Gasteiger partial charge >= 0.3 is 0 Å². The molecule has 8 heteroatoms. The smallest absolute Gasteiger partial charge is 0.269 e. The van der Waals surface area contributed by atoms with Crippen molar-refractivity contribution in [3.8, 4) is 0 Å². The van der Waals surface area contributed by atoms with Crippen LogP contribution >= 0.6 is 23.2 Å². The van der Waals surface area contributed by atoms with Crippen LogP contribution in [0.25, 0.3) is 10.9 Å². The first-order chi connectivity index (χ1) is 14.0. The van der Waals surface area contributed by atoms with Crippen molar-refractivity contribution in [3.63, 3.8) is 0 Å². The first kappa shape index (κ1) is 20.0. The van der Waals surface area contributed by atoms with Gasteiger partial charge in [0.2, 0.25) is 0 Å². The van der Waals surface area contributed by atoms with Crippen LogP contribution in [0.15, 0.2) is 42.6 Å². The molecule has 1 amide bonds. The Morgan fingerprint density at radius 3 is 2.72 bits per heavy atom. The summed E-state index contributed by atoms with van der Waals surface area (Å²) in [6, 6.07) is 11.3. The molecule has 4 rings (SSSR count). The second kappa shape index (κ2) is 8.61. The molecule has 1 aliphatic rings. The number of hydrogen-bond donors (Lipinski definition) is 2. The highest BCUT2D eigenvalue weighted by atomic mass is 35.5. The van der Waals surface area contributed by atoms with Gasteiger partial charge in [0.15, 0.2) is 0 Å². The summed E-state index contributed by atoms with van der Waals surface area (Å²) in [5.41, 5.74) is 1.17. The molecule has 2 N–H and O–H groups in total. The topological polar surface area (TPSA) is 64.3 Å². The van der Waals surface area contributed by atoms with Crippen LogP contribution in [0.3, 0.4) is 0 Å². The largest absolute Gasteiger partial charge is 0.354 e. The van der Waals surface area contributed by atoms with Gasteiger partial charge in [0.1, 0.15) is 11.5 Å². The molecular weight excluding hydrogens is 409 g/mol. The van der Waals surface area contributed by atoms with Gasteiger partial charge in [-0.15, -0.1) is 0 Å². The van der Waals surface area contributed by atoms with Crippen molar-refractivity contribution in [3.05, 3.63) is 58.3 Å². The van der Waals surface area contributed by atoms with Crippen molar-refractivity contribution in [2.75, 3.05) is 37.6 Å². The minimum Gasteiger partial charge on any atom is -0.354 e. The molecule has 0 spiro atoms.